The molecule has 0 saturated heterocycles. The zero-order valence-electron chi connectivity index (χ0n) is 6.85. The molecule has 3 nitrogen and oxygen atoms in total. The highest BCUT2D eigenvalue weighted by molar-refractivity contribution is 5.99. The topological polar surface area (TPSA) is 41.1 Å². The highest BCUT2D eigenvalue weighted by Gasteiger charge is 2.16. The molecule has 62 valence electrons. The summed E-state index contributed by atoms with van der Waals surface area (Å²) >= 11 is 0. The normalized spacial score (nSPS) is 13.9. The molecule has 0 radical (unpaired) electrons. The summed E-state index contributed by atoms with van der Waals surface area (Å²) in [5, 5.41) is 5.81. The molecule has 0 unspecified atom stereocenters. The molecule has 1 aliphatic rings. The number of amides is 1. The molecule has 1 amide bonds. The average molecular weight is 162 g/mol. The van der Waals surface area contributed by atoms with Crippen molar-refractivity contribution in [3.8, 4) is 0 Å². The van der Waals surface area contributed by atoms with Crippen molar-refractivity contribution in [2.75, 3.05) is 17.7 Å². The zero-order chi connectivity index (χ0) is 8.55. The Morgan fingerprint density at radius 3 is 3.08 bits per heavy atom. The molecule has 1 aliphatic heterocycles. The van der Waals surface area contributed by atoms with E-state index < -0.39 is 0 Å². The number of anilines is 2. The first-order chi connectivity index (χ1) is 5.79. The lowest BCUT2D eigenvalue weighted by molar-refractivity contribution is -0.115. The first-order valence-corrected chi connectivity index (χ1v) is 3.90. The van der Waals surface area contributed by atoms with Gasteiger partial charge in [0.25, 0.3) is 0 Å². The summed E-state index contributed by atoms with van der Waals surface area (Å²) in [6, 6.07) is 5.89. The van der Waals surface area contributed by atoms with Crippen LogP contribution >= 0.6 is 0 Å². The van der Waals surface area contributed by atoms with E-state index in [4.69, 9.17) is 0 Å². The number of hydrogen-bond acceptors (Lipinski definition) is 2. The van der Waals surface area contributed by atoms with Crippen LogP contribution in [0.25, 0.3) is 0 Å². The molecule has 0 atom stereocenters. The van der Waals surface area contributed by atoms with Crippen LogP contribution < -0.4 is 10.6 Å². The van der Waals surface area contributed by atoms with Crippen LogP contribution in [0, 0.1) is 0 Å². The summed E-state index contributed by atoms with van der Waals surface area (Å²) in [4.78, 5) is 11.0. The van der Waals surface area contributed by atoms with Gasteiger partial charge in [-0.2, -0.15) is 0 Å². The number of fused-ring (bicyclic) bond motifs is 1. The first kappa shape index (κ1) is 7.16. The number of nitrogens with one attached hydrogen (secondary N) is 2. The Labute approximate surface area is 70.8 Å². The van der Waals surface area contributed by atoms with Gasteiger partial charge in [0.15, 0.2) is 0 Å². The monoisotopic (exact) mass is 162 g/mol. The largest absolute Gasteiger partial charge is 0.388 e. The minimum absolute atomic E-state index is 0.0817. The Balaban J connectivity index is 2.41. The van der Waals surface area contributed by atoms with Crippen LogP contribution in [0.15, 0.2) is 18.2 Å². The van der Waals surface area contributed by atoms with Crippen LogP contribution in [-0.4, -0.2) is 13.0 Å². The Hall–Kier alpha value is -1.51. The van der Waals surface area contributed by atoms with Gasteiger partial charge >= 0.3 is 0 Å². The average Bonchev–Trinajstić information content (AvgIpc) is 2.43. The lowest BCUT2D eigenvalue weighted by atomic mass is 10.1. The van der Waals surface area contributed by atoms with E-state index in [1.54, 1.807) is 0 Å². The molecule has 12 heavy (non-hydrogen) atoms. The summed E-state index contributed by atoms with van der Waals surface area (Å²) < 4.78 is 0. The maximum absolute atomic E-state index is 11.0. The van der Waals surface area contributed by atoms with E-state index in [2.05, 4.69) is 10.6 Å². The van der Waals surface area contributed by atoms with Gasteiger partial charge in [-0.15, -0.1) is 0 Å². The number of benzene rings is 1. The summed E-state index contributed by atoms with van der Waals surface area (Å²) in [6.45, 7) is 0. The standard InChI is InChI=1S/C9H10N2O/c1-10-7-3-2-6-4-9(12)11-8(6)5-7/h2-3,5,10H,4H2,1H3,(H,11,12). The molecule has 1 heterocycles. The molecule has 3 heteroatoms. The van der Waals surface area contributed by atoms with Gasteiger partial charge < -0.3 is 10.6 Å². The summed E-state index contributed by atoms with van der Waals surface area (Å²) in [7, 11) is 1.86. The van der Waals surface area contributed by atoms with Gasteiger partial charge in [-0.3, -0.25) is 4.79 Å². The highest BCUT2D eigenvalue weighted by Crippen LogP contribution is 2.25. The van der Waals surface area contributed by atoms with Crippen molar-refractivity contribution >= 4 is 17.3 Å². The van der Waals surface area contributed by atoms with Gasteiger partial charge in [0.1, 0.15) is 0 Å². The maximum atomic E-state index is 11.0. The van der Waals surface area contributed by atoms with Crippen molar-refractivity contribution in [2.24, 2.45) is 0 Å². The maximum Gasteiger partial charge on any atom is 0.228 e. The molecule has 0 bridgehead atoms. The van der Waals surface area contributed by atoms with Gasteiger partial charge in [-0.05, 0) is 17.7 Å². The third-order valence-corrected chi connectivity index (χ3v) is 2.02. The van der Waals surface area contributed by atoms with Gasteiger partial charge in [0.05, 0.1) is 6.42 Å². The van der Waals surface area contributed by atoms with E-state index in [0.717, 1.165) is 16.9 Å². The molecule has 2 rings (SSSR count). The Kier molecular flexibility index (Phi) is 1.50. The van der Waals surface area contributed by atoms with E-state index in [0.29, 0.717) is 6.42 Å². The third kappa shape index (κ3) is 1.03. The van der Waals surface area contributed by atoms with Crippen molar-refractivity contribution in [2.45, 2.75) is 6.42 Å². The fraction of sp³-hybridized carbons (Fsp3) is 0.222. The Morgan fingerprint density at radius 2 is 2.33 bits per heavy atom. The molecule has 1 aromatic carbocycles. The minimum atomic E-state index is 0.0817. The number of rotatable bonds is 1. The van der Waals surface area contributed by atoms with Crippen molar-refractivity contribution in [3.63, 3.8) is 0 Å². The first-order valence-electron chi connectivity index (χ1n) is 3.90. The van der Waals surface area contributed by atoms with E-state index in [1.807, 2.05) is 25.2 Å². The highest BCUT2D eigenvalue weighted by atomic mass is 16.1. The van der Waals surface area contributed by atoms with Crippen molar-refractivity contribution in [1.29, 1.82) is 0 Å². The van der Waals surface area contributed by atoms with Crippen LogP contribution in [0.5, 0.6) is 0 Å². The lowest BCUT2D eigenvalue weighted by Gasteiger charge is -2.02. The van der Waals surface area contributed by atoms with Crippen molar-refractivity contribution in [3.05, 3.63) is 23.8 Å². The van der Waals surface area contributed by atoms with Gasteiger partial charge in [-0.25, -0.2) is 0 Å². The van der Waals surface area contributed by atoms with E-state index in [9.17, 15) is 4.79 Å². The van der Waals surface area contributed by atoms with Crippen LogP contribution in [0.2, 0.25) is 0 Å². The van der Waals surface area contributed by atoms with E-state index in [-0.39, 0.29) is 5.91 Å². The Bertz CT molecular complexity index is 333. The predicted molar refractivity (Wildman–Crippen MR) is 48.3 cm³/mol. The summed E-state index contributed by atoms with van der Waals surface area (Å²) in [5.74, 6) is 0.0817. The quantitative estimate of drug-likeness (QED) is 0.652. The molecular formula is C9H10N2O. The van der Waals surface area contributed by atoms with Gasteiger partial charge in [0.2, 0.25) is 5.91 Å². The molecule has 0 saturated carbocycles. The summed E-state index contributed by atoms with van der Waals surface area (Å²) in [6.07, 6.45) is 0.513. The second-order valence-electron chi connectivity index (χ2n) is 2.85. The lowest BCUT2D eigenvalue weighted by Crippen LogP contribution is -2.03. The van der Waals surface area contributed by atoms with E-state index in [1.165, 1.54) is 0 Å². The zero-order valence-corrected chi connectivity index (χ0v) is 6.85. The molecule has 0 spiro atoms. The minimum Gasteiger partial charge on any atom is -0.388 e. The van der Waals surface area contributed by atoms with Crippen molar-refractivity contribution in [1.82, 2.24) is 0 Å². The second kappa shape index (κ2) is 2.52. The molecule has 0 aromatic heterocycles. The fourth-order valence-electron chi connectivity index (χ4n) is 1.37. The molecular weight excluding hydrogens is 152 g/mol. The fourth-order valence-corrected chi connectivity index (χ4v) is 1.37. The predicted octanol–water partition coefficient (Wildman–Crippen LogP) is 1.22. The van der Waals surface area contributed by atoms with Crippen molar-refractivity contribution < 1.29 is 4.79 Å². The van der Waals surface area contributed by atoms with Crippen LogP contribution in [0.1, 0.15) is 5.56 Å². The van der Waals surface area contributed by atoms with Crippen LogP contribution in [0.4, 0.5) is 11.4 Å². The van der Waals surface area contributed by atoms with Gasteiger partial charge in [-0.1, -0.05) is 6.07 Å². The molecule has 0 fully saturated rings. The van der Waals surface area contributed by atoms with Crippen LogP contribution in [-0.2, 0) is 11.2 Å². The SMILES string of the molecule is CNc1ccc2c(c1)NC(=O)C2. The second-order valence-corrected chi connectivity index (χ2v) is 2.85. The third-order valence-electron chi connectivity index (χ3n) is 2.02. The summed E-state index contributed by atoms with van der Waals surface area (Å²) in [5.41, 5.74) is 3.04. The number of carbonyl (C=O) groups is 1. The van der Waals surface area contributed by atoms with Gasteiger partial charge in [0, 0.05) is 18.4 Å². The van der Waals surface area contributed by atoms with Crippen LogP contribution in [0.3, 0.4) is 0 Å². The molecule has 1 aromatic rings. The smallest absolute Gasteiger partial charge is 0.228 e. The van der Waals surface area contributed by atoms with E-state index >= 15 is 0 Å². The Morgan fingerprint density at radius 1 is 1.50 bits per heavy atom. The number of hydrogen-bond donors (Lipinski definition) is 2. The molecule has 0 aliphatic carbocycles. The number of carbonyl (C=O) groups excluding carboxylic acids is 1. The molecule has 2 N–H and O–H groups in total.